The monoisotopic (exact) mass is 505 g/mol. The summed E-state index contributed by atoms with van der Waals surface area (Å²) in [5.74, 6) is 0.236. The van der Waals surface area contributed by atoms with Gasteiger partial charge in [0.25, 0.3) is 5.91 Å². The molecule has 0 radical (unpaired) electrons. The molecule has 1 aliphatic heterocycles. The van der Waals surface area contributed by atoms with Crippen LogP contribution in [0.2, 0.25) is 0 Å². The number of phenolic OH excluding ortho intramolecular Hbond substituents is 1. The molecule has 1 heterocycles. The Bertz CT molecular complexity index is 1150. The predicted octanol–water partition coefficient (Wildman–Crippen LogP) is 5.88. The molecule has 1 amide bonds. The van der Waals surface area contributed by atoms with Crippen LogP contribution >= 0.6 is 0 Å². The van der Waals surface area contributed by atoms with E-state index < -0.39 is 11.6 Å². The van der Waals surface area contributed by atoms with E-state index in [2.05, 4.69) is 59.0 Å². The Hall–Kier alpha value is -2.66. The highest BCUT2D eigenvalue weighted by Gasteiger charge is 2.53. The lowest BCUT2D eigenvalue weighted by Crippen LogP contribution is -2.48. The van der Waals surface area contributed by atoms with Crippen LogP contribution in [0.15, 0.2) is 59.2 Å². The van der Waals surface area contributed by atoms with Crippen molar-refractivity contribution >= 4 is 11.7 Å². The van der Waals surface area contributed by atoms with Gasteiger partial charge in [-0.3, -0.25) is 9.59 Å². The number of nitrogens with one attached hydrogen (secondary N) is 1. The second kappa shape index (κ2) is 10.2. The number of ketones is 1. The number of fused-ring (bicyclic) bond motifs is 1. The normalized spacial score (nSPS) is 34.8. The molecule has 37 heavy (non-hydrogen) atoms. The zero-order valence-electron chi connectivity index (χ0n) is 23.2. The molecule has 7 unspecified atom stereocenters. The van der Waals surface area contributed by atoms with Crippen LogP contribution in [-0.4, -0.2) is 27.6 Å². The van der Waals surface area contributed by atoms with E-state index >= 15 is 0 Å². The number of allylic oxidation sites excluding steroid dienone is 4. The van der Waals surface area contributed by atoms with Crippen molar-refractivity contribution in [2.45, 2.75) is 79.4 Å². The van der Waals surface area contributed by atoms with E-state index in [-0.39, 0.29) is 46.7 Å². The van der Waals surface area contributed by atoms with E-state index in [1.165, 1.54) is 17.2 Å². The van der Waals surface area contributed by atoms with Crippen molar-refractivity contribution in [1.82, 2.24) is 5.32 Å². The second-order valence-electron chi connectivity index (χ2n) is 12.3. The highest BCUT2D eigenvalue weighted by molar-refractivity contribution is 6.22. The van der Waals surface area contributed by atoms with Gasteiger partial charge in [-0.2, -0.15) is 0 Å². The van der Waals surface area contributed by atoms with Gasteiger partial charge in [-0.05, 0) is 73.6 Å². The largest absolute Gasteiger partial charge is 0.508 e. The number of aliphatic hydroxyl groups is 1. The first-order valence-corrected chi connectivity index (χ1v) is 13.8. The standard InChI is InChI=1S/C32H43NO4/c1-7-19(2)14-21(4)27-22(5)16-31(6)15-20(3)8-13-26(31)28(27)29(35)25-18-32(37,33-30(25)36)17-23-9-11-24(34)12-10-23/h9-12,14,16,18-20,26-28,34,37H,7-8,13,15,17H2,1-6H3,(H,33,36)/b21-14+. The molecule has 3 N–H and O–H groups in total. The highest BCUT2D eigenvalue weighted by Crippen LogP contribution is 2.56. The summed E-state index contributed by atoms with van der Waals surface area (Å²) < 4.78 is 0. The molecule has 1 fully saturated rings. The third-order valence-electron chi connectivity index (χ3n) is 9.06. The molecule has 0 saturated heterocycles. The van der Waals surface area contributed by atoms with Crippen LogP contribution in [0.3, 0.4) is 0 Å². The van der Waals surface area contributed by atoms with Crippen LogP contribution in [-0.2, 0) is 16.0 Å². The van der Waals surface area contributed by atoms with Crippen LogP contribution in [0, 0.1) is 35.0 Å². The summed E-state index contributed by atoms with van der Waals surface area (Å²) in [6.45, 7) is 13.2. The zero-order valence-corrected chi connectivity index (χ0v) is 23.2. The third kappa shape index (κ3) is 5.47. The molecule has 200 valence electrons. The Balaban J connectivity index is 1.73. The van der Waals surface area contributed by atoms with Crippen LogP contribution in [0.1, 0.15) is 72.8 Å². The maximum Gasteiger partial charge on any atom is 0.257 e. The molecule has 3 aliphatic rings. The minimum atomic E-state index is -1.64. The van der Waals surface area contributed by atoms with Gasteiger partial charge >= 0.3 is 0 Å². The fourth-order valence-electron chi connectivity index (χ4n) is 7.31. The van der Waals surface area contributed by atoms with Crippen molar-refractivity contribution in [2.75, 3.05) is 0 Å². The van der Waals surface area contributed by atoms with Crippen molar-refractivity contribution < 1.29 is 19.8 Å². The van der Waals surface area contributed by atoms with Crippen LogP contribution in [0.4, 0.5) is 0 Å². The topological polar surface area (TPSA) is 86.6 Å². The van der Waals surface area contributed by atoms with E-state index in [4.69, 9.17) is 0 Å². The molecule has 4 rings (SSSR count). The van der Waals surface area contributed by atoms with Gasteiger partial charge in [-0.25, -0.2) is 0 Å². The third-order valence-corrected chi connectivity index (χ3v) is 9.06. The maximum absolute atomic E-state index is 14.4. The molecule has 1 aromatic carbocycles. The van der Waals surface area contributed by atoms with E-state index in [0.29, 0.717) is 11.8 Å². The molecule has 0 aromatic heterocycles. The predicted molar refractivity (Wildman–Crippen MR) is 147 cm³/mol. The molecule has 1 saturated carbocycles. The van der Waals surface area contributed by atoms with Crippen molar-refractivity contribution in [3.05, 3.63) is 64.8 Å². The maximum atomic E-state index is 14.4. The summed E-state index contributed by atoms with van der Waals surface area (Å²) in [6.07, 6.45) is 10.4. The van der Waals surface area contributed by atoms with Gasteiger partial charge in [0.1, 0.15) is 5.75 Å². The quantitative estimate of drug-likeness (QED) is 0.319. The van der Waals surface area contributed by atoms with Crippen LogP contribution < -0.4 is 5.32 Å². The average molecular weight is 506 g/mol. The smallest absolute Gasteiger partial charge is 0.257 e. The second-order valence-corrected chi connectivity index (χ2v) is 12.3. The number of hydrogen-bond donors (Lipinski definition) is 3. The molecule has 5 heteroatoms. The SMILES string of the molecule is CCC(C)/C=C(\C)C1C(C)=CC2(C)CC(C)CCC2C1C(=O)C1=CC(O)(Cc2ccc(O)cc2)NC1=O. The first kappa shape index (κ1) is 27.4. The van der Waals surface area contributed by atoms with Gasteiger partial charge in [0.05, 0.1) is 5.57 Å². The van der Waals surface area contributed by atoms with E-state index in [9.17, 15) is 19.8 Å². The molecule has 0 spiro atoms. The van der Waals surface area contributed by atoms with Crippen molar-refractivity contribution in [2.24, 2.45) is 35.0 Å². The Labute approximate surface area is 221 Å². The van der Waals surface area contributed by atoms with Gasteiger partial charge in [0.15, 0.2) is 11.5 Å². The summed E-state index contributed by atoms with van der Waals surface area (Å²) in [5.41, 5.74) is 1.50. The molecule has 0 bridgehead atoms. The fourth-order valence-corrected chi connectivity index (χ4v) is 7.31. The van der Waals surface area contributed by atoms with Crippen LogP contribution in [0.25, 0.3) is 0 Å². The van der Waals surface area contributed by atoms with E-state index in [0.717, 1.165) is 31.2 Å². The van der Waals surface area contributed by atoms with Crippen molar-refractivity contribution in [3.8, 4) is 5.75 Å². The summed E-state index contributed by atoms with van der Waals surface area (Å²) in [5, 5.41) is 23.5. The number of amides is 1. The van der Waals surface area contributed by atoms with E-state index in [1.54, 1.807) is 24.3 Å². The van der Waals surface area contributed by atoms with Gasteiger partial charge in [-0.15, -0.1) is 0 Å². The van der Waals surface area contributed by atoms with Crippen molar-refractivity contribution in [1.29, 1.82) is 0 Å². The Kier molecular flexibility index (Phi) is 7.58. The molecule has 7 atom stereocenters. The molecule has 2 aliphatic carbocycles. The number of Topliss-reactive ketones (excluding diaryl/α,β-unsaturated/α-hetero) is 1. The van der Waals surface area contributed by atoms with Gasteiger partial charge in [0.2, 0.25) is 0 Å². The number of phenols is 1. The fraction of sp³-hybridized carbons (Fsp3) is 0.562. The lowest BCUT2D eigenvalue weighted by atomic mass is 9.52. The highest BCUT2D eigenvalue weighted by atomic mass is 16.3. The number of carbonyl (C=O) groups is 2. The van der Waals surface area contributed by atoms with Gasteiger partial charge < -0.3 is 15.5 Å². The number of rotatable bonds is 7. The Morgan fingerprint density at radius 1 is 1.22 bits per heavy atom. The number of aromatic hydroxyl groups is 1. The number of carbonyl (C=O) groups excluding carboxylic acids is 2. The van der Waals surface area contributed by atoms with Crippen LogP contribution in [0.5, 0.6) is 5.75 Å². The molecular formula is C32H43NO4. The van der Waals surface area contributed by atoms with Crippen molar-refractivity contribution in [3.63, 3.8) is 0 Å². The van der Waals surface area contributed by atoms with Gasteiger partial charge in [-0.1, -0.05) is 76.0 Å². The summed E-state index contributed by atoms with van der Waals surface area (Å²) in [7, 11) is 0. The summed E-state index contributed by atoms with van der Waals surface area (Å²) in [4.78, 5) is 27.5. The molecule has 1 aromatic rings. The minimum absolute atomic E-state index is 0.0486. The van der Waals surface area contributed by atoms with E-state index in [1.807, 2.05) is 0 Å². The van der Waals surface area contributed by atoms with Gasteiger partial charge in [0, 0.05) is 18.3 Å². The molecular weight excluding hydrogens is 462 g/mol. The lowest BCUT2D eigenvalue weighted by molar-refractivity contribution is -0.129. The Morgan fingerprint density at radius 2 is 1.89 bits per heavy atom. The number of benzene rings is 1. The lowest BCUT2D eigenvalue weighted by Gasteiger charge is -2.52. The minimum Gasteiger partial charge on any atom is -0.508 e. The average Bonchev–Trinajstić information content (AvgIpc) is 3.12. The summed E-state index contributed by atoms with van der Waals surface area (Å²) >= 11 is 0. The number of hydrogen-bond acceptors (Lipinski definition) is 4. The zero-order chi connectivity index (χ0) is 27.1. The summed E-state index contributed by atoms with van der Waals surface area (Å²) in [6, 6.07) is 6.50. The first-order chi connectivity index (χ1) is 17.4. The Morgan fingerprint density at radius 3 is 2.54 bits per heavy atom. The molecule has 5 nitrogen and oxygen atoms in total. The first-order valence-electron chi connectivity index (χ1n) is 13.8.